The summed E-state index contributed by atoms with van der Waals surface area (Å²) in [7, 11) is 0. The zero-order valence-corrected chi connectivity index (χ0v) is 11.5. The summed E-state index contributed by atoms with van der Waals surface area (Å²) < 4.78 is 18.3. The summed E-state index contributed by atoms with van der Waals surface area (Å²) in [4.78, 5) is 11.6. The standard InChI is InChI=1S/C16H15FN2O2/c1-12-5-2-3-8-15(12)21-11-16(20)19-18-10-13-6-4-7-14(17)9-13/h2-10H,11H2,1H3,(H,19,20)/b18-10+. The molecule has 2 aromatic rings. The van der Waals surface area contributed by atoms with Crippen LogP contribution >= 0.6 is 0 Å². The first-order valence-corrected chi connectivity index (χ1v) is 6.41. The molecule has 0 atom stereocenters. The van der Waals surface area contributed by atoms with Crippen molar-refractivity contribution in [3.63, 3.8) is 0 Å². The normalized spacial score (nSPS) is 10.6. The highest BCUT2D eigenvalue weighted by atomic mass is 19.1. The Bertz CT molecular complexity index is 656. The monoisotopic (exact) mass is 286 g/mol. The Morgan fingerprint density at radius 2 is 2.10 bits per heavy atom. The molecule has 0 aliphatic carbocycles. The maximum absolute atomic E-state index is 12.9. The van der Waals surface area contributed by atoms with Gasteiger partial charge in [0.25, 0.3) is 5.91 Å². The highest BCUT2D eigenvalue weighted by molar-refractivity contribution is 5.82. The summed E-state index contributed by atoms with van der Waals surface area (Å²) in [5.41, 5.74) is 3.84. The number of hydrogen-bond donors (Lipinski definition) is 1. The van der Waals surface area contributed by atoms with Crippen LogP contribution in [0.5, 0.6) is 5.75 Å². The highest BCUT2D eigenvalue weighted by Gasteiger charge is 2.03. The Kier molecular flexibility index (Phi) is 5.04. The fraction of sp³-hybridized carbons (Fsp3) is 0.125. The highest BCUT2D eigenvalue weighted by Crippen LogP contribution is 2.15. The minimum absolute atomic E-state index is 0.134. The zero-order chi connectivity index (χ0) is 15.1. The molecule has 1 amide bonds. The Morgan fingerprint density at radius 3 is 2.86 bits per heavy atom. The molecule has 0 radical (unpaired) electrons. The summed E-state index contributed by atoms with van der Waals surface area (Å²) in [5.74, 6) is -0.0826. The second-order valence-corrected chi connectivity index (χ2v) is 4.40. The van der Waals surface area contributed by atoms with Gasteiger partial charge in [0.1, 0.15) is 11.6 Å². The lowest BCUT2D eigenvalue weighted by Gasteiger charge is -2.07. The number of carbonyl (C=O) groups is 1. The van der Waals surface area contributed by atoms with E-state index in [1.165, 1.54) is 18.3 Å². The average molecular weight is 286 g/mol. The van der Waals surface area contributed by atoms with Gasteiger partial charge in [-0.15, -0.1) is 0 Å². The van der Waals surface area contributed by atoms with E-state index in [9.17, 15) is 9.18 Å². The first-order chi connectivity index (χ1) is 10.1. The first kappa shape index (κ1) is 14.7. The third kappa shape index (κ3) is 4.72. The van der Waals surface area contributed by atoms with Gasteiger partial charge in [0.05, 0.1) is 6.21 Å². The van der Waals surface area contributed by atoms with Gasteiger partial charge in [-0.05, 0) is 36.2 Å². The minimum Gasteiger partial charge on any atom is -0.483 e. The lowest BCUT2D eigenvalue weighted by Crippen LogP contribution is -2.24. The molecule has 0 saturated heterocycles. The maximum Gasteiger partial charge on any atom is 0.277 e. The topological polar surface area (TPSA) is 50.7 Å². The van der Waals surface area contributed by atoms with E-state index in [1.54, 1.807) is 18.2 Å². The smallest absolute Gasteiger partial charge is 0.277 e. The number of rotatable bonds is 5. The van der Waals surface area contributed by atoms with E-state index in [0.717, 1.165) is 5.56 Å². The molecule has 2 aromatic carbocycles. The molecule has 0 aliphatic heterocycles. The lowest BCUT2D eigenvalue weighted by molar-refractivity contribution is -0.123. The number of amides is 1. The number of para-hydroxylation sites is 1. The SMILES string of the molecule is Cc1ccccc1OCC(=O)N/N=C/c1cccc(F)c1. The molecule has 4 nitrogen and oxygen atoms in total. The average Bonchev–Trinajstić information content (AvgIpc) is 2.46. The number of aryl methyl sites for hydroxylation is 1. The Morgan fingerprint density at radius 1 is 1.29 bits per heavy atom. The predicted octanol–water partition coefficient (Wildman–Crippen LogP) is 2.66. The van der Waals surface area contributed by atoms with Gasteiger partial charge >= 0.3 is 0 Å². The molecule has 0 unspecified atom stereocenters. The molecule has 0 saturated carbocycles. The van der Waals surface area contributed by atoms with Gasteiger partial charge in [0.2, 0.25) is 0 Å². The van der Waals surface area contributed by atoms with Crippen LogP contribution in [0.15, 0.2) is 53.6 Å². The van der Waals surface area contributed by atoms with E-state index in [4.69, 9.17) is 4.74 Å². The van der Waals surface area contributed by atoms with Gasteiger partial charge in [0.15, 0.2) is 6.61 Å². The third-order valence-corrected chi connectivity index (χ3v) is 2.70. The minimum atomic E-state index is -0.383. The summed E-state index contributed by atoms with van der Waals surface area (Å²) >= 11 is 0. The van der Waals surface area contributed by atoms with Crippen molar-refractivity contribution in [3.05, 3.63) is 65.5 Å². The van der Waals surface area contributed by atoms with Crippen molar-refractivity contribution >= 4 is 12.1 Å². The Labute approximate surface area is 122 Å². The van der Waals surface area contributed by atoms with Crippen molar-refractivity contribution in [1.29, 1.82) is 0 Å². The molecule has 0 fully saturated rings. The molecule has 0 aromatic heterocycles. The van der Waals surface area contributed by atoms with Crippen molar-refractivity contribution in [2.24, 2.45) is 5.10 Å². The molecule has 1 N–H and O–H groups in total. The van der Waals surface area contributed by atoms with Crippen LogP contribution in [-0.4, -0.2) is 18.7 Å². The fourth-order valence-corrected chi connectivity index (χ4v) is 1.66. The second kappa shape index (κ2) is 7.19. The predicted molar refractivity (Wildman–Crippen MR) is 78.8 cm³/mol. The number of hydrazone groups is 1. The van der Waals surface area contributed by atoms with E-state index in [-0.39, 0.29) is 18.3 Å². The number of hydrogen-bond acceptors (Lipinski definition) is 3. The van der Waals surface area contributed by atoms with Crippen LogP contribution in [0.1, 0.15) is 11.1 Å². The molecular formula is C16H15FN2O2. The van der Waals surface area contributed by atoms with E-state index in [0.29, 0.717) is 11.3 Å². The molecule has 0 bridgehead atoms. The zero-order valence-electron chi connectivity index (χ0n) is 11.5. The van der Waals surface area contributed by atoms with E-state index >= 15 is 0 Å². The van der Waals surface area contributed by atoms with Crippen molar-refractivity contribution in [1.82, 2.24) is 5.43 Å². The summed E-state index contributed by atoms with van der Waals surface area (Å²) in [5, 5.41) is 3.75. The first-order valence-electron chi connectivity index (χ1n) is 6.41. The van der Waals surface area contributed by atoms with Gasteiger partial charge < -0.3 is 4.74 Å². The van der Waals surface area contributed by atoms with Crippen molar-refractivity contribution in [2.75, 3.05) is 6.61 Å². The lowest BCUT2D eigenvalue weighted by atomic mass is 10.2. The number of ether oxygens (including phenoxy) is 1. The fourth-order valence-electron chi connectivity index (χ4n) is 1.66. The Balaban J connectivity index is 1.81. The van der Waals surface area contributed by atoms with Crippen LogP contribution in [0.2, 0.25) is 0 Å². The van der Waals surface area contributed by atoms with Gasteiger partial charge in [-0.2, -0.15) is 5.10 Å². The summed E-state index contributed by atoms with van der Waals surface area (Å²) in [6.45, 7) is 1.76. The van der Waals surface area contributed by atoms with Crippen LogP contribution in [0.4, 0.5) is 4.39 Å². The van der Waals surface area contributed by atoms with Gasteiger partial charge in [0, 0.05) is 0 Å². The largest absolute Gasteiger partial charge is 0.483 e. The number of nitrogens with one attached hydrogen (secondary N) is 1. The number of nitrogens with zero attached hydrogens (tertiary/aromatic N) is 1. The Hall–Kier alpha value is -2.69. The molecule has 0 spiro atoms. The maximum atomic E-state index is 12.9. The summed E-state index contributed by atoms with van der Waals surface area (Å²) in [6, 6.07) is 13.3. The molecule has 2 rings (SSSR count). The van der Waals surface area contributed by atoms with Gasteiger partial charge in [-0.3, -0.25) is 4.79 Å². The van der Waals surface area contributed by atoms with Crippen LogP contribution in [0.3, 0.4) is 0 Å². The van der Waals surface area contributed by atoms with E-state index in [1.807, 2.05) is 25.1 Å². The van der Waals surface area contributed by atoms with Crippen molar-refractivity contribution in [2.45, 2.75) is 6.92 Å². The number of halogens is 1. The van der Waals surface area contributed by atoms with E-state index in [2.05, 4.69) is 10.5 Å². The quantitative estimate of drug-likeness (QED) is 0.678. The number of carbonyl (C=O) groups excluding carboxylic acids is 1. The second-order valence-electron chi connectivity index (χ2n) is 4.40. The molecule has 5 heteroatoms. The van der Waals surface area contributed by atoms with Crippen LogP contribution in [0, 0.1) is 12.7 Å². The van der Waals surface area contributed by atoms with Crippen LogP contribution < -0.4 is 10.2 Å². The molecule has 108 valence electrons. The summed E-state index contributed by atoms with van der Waals surface area (Å²) in [6.07, 6.45) is 1.37. The number of benzene rings is 2. The van der Waals surface area contributed by atoms with Crippen molar-refractivity contribution < 1.29 is 13.9 Å². The molecule has 0 heterocycles. The van der Waals surface area contributed by atoms with Gasteiger partial charge in [-0.1, -0.05) is 30.3 Å². The van der Waals surface area contributed by atoms with Crippen LogP contribution in [0.25, 0.3) is 0 Å². The molecular weight excluding hydrogens is 271 g/mol. The van der Waals surface area contributed by atoms with Crippen LogP contribution in [-0.2, 0) is 4.79 Å². The van der Waals surface area contributed by atoms with E-state index < -0.39 is 0 Å². The third-order valence-electron chi connectivity index (χ3n) is 2.70. The molecule has 21 heavy (non-hydrogen) atoms. The molecule has 0 aliphatic rings. The van der Waals surface area contributed by atoms with Crippen molar-refractivity contribution in [3.8, 4) is 5.75 Å². The van der Waals surface area contributed by atoms with Gasteiger partial charge in [-0.25, -0.2) is 9.82 Å².